The average Bonchev–Trinajstić information content (AvgIpc) is 3.18. The van der Waals surface area contributed by atoms with Gasteiger partial charge in [0, 0.05) is 0 Å². The zero-order valence-corrected chi connectivity index (χ0v) is 20.0. The van der Waals surface area contributed by atoms with Gasteiger partial charge in [0.15, 0.2) is 18.6 Å². The molecule has 0 aliphatic carbocycles. The van der Waals surface area contributed by atoms with Crippen LogP contribution in [0.4, 0.5) is 4.39 Å². The van der Waals surface area contributed by atoms with E-state index in [9.17, 15) is 28.6 Å². The number of nitrogens with zero attached hydrogens (tertiary/aromatic N) is 4. The first-order valence-corrected chi connectivity index (χ1v) is 13.9. The Morgan fingerprint density at radius 1 is 1.21 bits per heavy atom. The van der Waals surface area contributed by atoms with E-state index in [1.54, 1.807) is 0 Å². The molecule has 0 aromatic heterocycles. The lowest BCUT2D eigenvalue weighted by Crippen LogP contribution is -2.52. The minimum absolute atomic E-state index is 0.0125. The van der Waals surface area contributed by atoms with Crippen LogP contribution in [0.15, 0.2) is 15.0 Å². The summed E-state index contributed by atoms with van der Waals surface area (Å²) in [4.78, 5) is 48.9. The highest BCUT2D eigenvalue weighted by Crippen LogP contribution is 2.66. The molecule has 1 saturated heterocycles. The maximum absolute atomic E-state index is 15.1. The van der Waals surface area contributed by atoms with Crippen LogP contribution in [0, 0.1) is 0 Å². The number of alkyl halides is 2. The zero-order chi connectivity index (χ0) is 25.7. The number of hydrogen-bond donors (Lipinski definition) is 7. The molecule has 18 nitrogen and oxygen atoms in total. The number of ether oxygens (including phenoxy) is 1. The summed E-state index contributed by atoms with van der Waals surface area (Å²) in [7, 11) is -17.0. The number of hydrogen-bond acceptors (Lipinski definition) is 14. The van der Waals surface area contributed by atoms with Gasteiger partial charge in [-0.15, -0.1) is 11.6 Å². The van der Waals surface area contributed by atoms with E-state index in [0.717, 1.165) is 11.2 Å². The number of phosphoric ester groups is 1. The molecule has 0 bridgehead atoms. The zero-order valence-electron chi connectivity index (χ0n) is 16.5. The molecule has 0 saturated carbocycles. The minimum atomic E-state index is -5.80. The molecule has 4 unspecified atom stereocenters. The van der Waals surface area contributed by atoms with Crippen LogP contribution in [-0.2, 0) is 31.6 Å². The van der Waals surface area contributed by atoms with Crippen LogP contribution in [0.5, 0.6) is 0 Å². The SMILES string of the molecule is NC1=NC2C(N=CN2[C@@H]2O[C@](CCl)(COP(=O)(O)OP(=O)(O)OP(=O)(O)O)[C@@H](O)[C@H]2F)C(N)=N1. The molecule has 34 heavy (non-hydrogen) atoms. The van der Waals surface area contributed by atoms with E-state index in [1.165, 1.54) is 0 Å². The lowest BCUT2D eigenvalue weighted by molar-refractivity contribution is -0.123. The molecule has 9 N–H and O–H groups in total. The molecule has 0 aromatic carbocycles. The molecule has 3 aliphatic rings. The highest BCUT2D eigenvalue weighted by molar-refractivity contribution is 7.66. The molecule has 3 heterocycles. The summed E-state index contributed by atoms with van der Waals surface area (Å²) < 4.78 is 66.4. The molecule has 0 spiro atoms. The second kappa shape index (κ2) is 9.44. The molecule has 0 radical (unpaired) electrons. The molecule has 3 aliphatic heterocycles. The van der Waals surface area contributed by atoms with Gasteiger partial charge in [-0.1, -0.05) is 0 Å². The molecule has 23 heteroatoms. The fraction of sp³-hybridized carbons (Fsp3) is 0.727. The number of guanidine groups is 1. The predicted molar refractivity (Wildman–Crippen MR) is 110 cm³/mol. The van der Waals surface area contributed by atoms with Crippen molar-refractivity contribution in [1.29, 1.82) is 0 Å². The first-order valence-electron chi connectivity index (χ1n) is 8.81. The van der Waals surface area contributed by atoms with Gasteiger partial charge in [0.25, 0.3) is 0 Å². The van der Waals surface area contributed by atoms with Crippen molar-refractivity contribution in [3.8, 4) is 0 Å². The number of rotatable bonds is 9. The van der Waals surface area contributed by atoms with Crippen LogP contribution in [0.2, 0.25) is 0 Å². The number of fused-ring (bicyclic) bond motifs is 1. The van der Waals surface area contributed by atoms with Gasteiger partial charge in [-0.05, 0) is 0 Å². The van der Waals surface area contributed by atoms with Gasteiger partial charge in [0.2, 0.25) is 5.96 Å². The summed E-state index contributed by atoms with van der Waals surface area (Å²) in [6.07, 6.45) is -5.79. The van der Waals surface area contributed by atoms with E-state index >= 15 is 4.39 Å². The topological polar surface area (TPSA) is 282 Å². The predicted octanol–water partition coefficient (Wildman–Crippen LogP) is -1.91. The first kappa shape index (κ1) is 27.5. The van der Waals surface area contributed by atoms with E-state index in [2.05, 4.69) is 28.1 Å². The van der Waals surface area contributed by atoms with Crippen LogP contribution >= 0.6 is 35.1 Å². The summed E-state index contributed by atoms with van der Waals surface area (Å²) in [5, 5.41) is 10.4. The van der Waals surface area contributed by atoms with Gasteiger partial charge in [-0.2, -0.15) is 13.6 Å². The van der Waals surface area contributed by atoms with Crippen LogP contribution in [0.1, 0.15) is 0 Å². The summed E-state index contributed by atoms with van der Waals surface area (Å²) >= 11 is 5.82. The monoisotopic (exact) mass is 574 g/mol. The van der Waals surface area contributed by atoms with Gasteiger partial charge < -0.3 is 45.8 Å². The molecule has 0 aromatic rings. The first-order chi connectivity index (χ1) is 15.5. The van der Waals surface area contributed by atoms with Gasteiger partial charge in [0.1, 0.15) is 23.6 Å². The van der Waals surface area contributed by atoms with Gasteiger partial charge in [-0.3, -0.25) is 9.52 Å². The van der Waals surface area contributed by atoms with Crippen molar-refractivity contribution in [1.82, 2.24) is 4.90 Å². The Kier molecular flexibility index (Phi) is 7.65. The highest BCUT2D eigenvalue weighted by Gasteiger charge is 2.59. The largest absolute Gasteiger partial charge is 0.490 e. The Labute approximate surface area is 194 Å². The molecule has 1 fully saturated rings. The number of aliphatic hydroxyl groups excluding tert-OH is 1. The van der Waals surface area contributed by atoms with Crippen molar-refractivity contribution in [2.24, 2.45) is 26.4 Å². The van der Waals surface area contributed by atoms with Gasteiger partial charge in [-0.25, -0.2) is 23.1 Å². The molecular formula is C11H19ClFN6O12P3. The summed E-state index contributed by atoms with van der Waals surface area (Å²) in [6, 6.07) is -0.832. The van der Waals surface area contributed by atoms with E-state index in [0.29, 0.717) is 0 Å². The Bertz CT molecular complexity index is 1060. The van der Waals surface area contributed by atoms with E-state index in [1.807, 2.05) is 0 Å². The van der Waals surface area contributed by atoms with Crippen LogP contribution in [0.25, 0.3) is 0 Å². The number of halogens is 2. The van der Waals surface area contributed by atoms with Crippen LogP contribution in [-0.4, -0.2) is 96.5 Å². The number of aliphatic imine (C=N–C) groups is 3. The average molecular weight is 575 g/mol. The molecule has 3 rings (SSSR count). The molecular weight excluding hydrogens is 556 g/mol. The Morgan fingerprint density at radius 3 is 2.44 bits per heavy atom. The Morgan fingerprint density at radius 2 is 1.85 bits per heavy atom. The fourth-order valence-corrected chi connectivity index (χ4v) is 6.59. The van der Waals surface area contributed by atoms with Gasteiger partial charge in [0.05, 0.1) is 18.8 Å². The van der Waals surface area contributed by atoms with Crippen molar-refractivity contribution in [3.05, 3.63) is 0 Å². The third-order valence-corrected chi connectivity index (χ3v) is 8.87. The highest BCUT2D eigenvalue weighted by atomic mass is 35.5. The lowest BCUT2D eigenvalue weighted by Gasteiger charge is -2.33. The molecule has 0 amide bonds. The molecule has 194 valence electrons. The third-order valence-electron chi connectivity index (χ3n) is 4.64. The van der Waals surface area contributed by atoms with Crippen molar-refractivity contribution < 1.29 is 60.6 Å². The summed E-state index contributed by atoms with van der Waals surface area (Å²) in [5.74, 6) is -0.962. The van der Waals surface area contributed by atoms with E-state index in [-0.39, 0.29) is 11.8 Å². The van der Waals surface area contributed by atoms with Crippen molar-refractivity contribution >= 4 is 53.2 Å². The minimum Gasteiger partial charge on any atom is -0.387 e. The lowest BCUT2D eigenvalue weighted by atomic mass is 9.99. The maximum atomic E-state index is 15.1. The maximum Gasteiger partial charge on any atom is 0.490 e. The smallest absolute Gasteiger partial charge is 0.387 e. The van der Waals surface area contributed by atoms with Crippen molar-refractivity contribution in [2.75, 3.05) is 12.5 Å². The van der Waals surface area contributed by atoms with Crippen LogP contribution < -0.4 is 11.5 Å². The third kappa shape index (κ3) is 5.84. The second-order valence-electron chi connectivity index (χ2n) is 7.05. The molecule has 8 atom stereocenters. The Balaban J connectivity index is 1.74. The second-order valence-corrected chi connectivity index (χ2v) is 11.7. The van der Waals surface area contributed by atoms with E-state index < -0.39 is 72.3 Å². The number of phosphoric acid groups is 3. The van der Waals surface area contributed by atoms with E-state index in [4.69, 9.17) is 37.6 Å². The standard InChI is InChI=1S/C11H19ClFN6O12P3/c12-1-11(2-28-33(24,25)31-34(26,27)30-32(21,22)23)6(20)4(13)9(29-11)19-3-16-5-7(14)17-10(15)18-8(5)19/h3-6,8-9,20H,1-2H2,(H,24,25)(H,26,27)(H2,21,22,23)(H4,14,15,17,18)/t4-,5?,6+,8?,9-,11-/m1/s1. The summed E-state index contributed by atoms with van der Waals surface area (Å²) in [5.41, 5.74) is 9.10. The normalized spacial score (nSPS) is 37.0. The Hall–Kier alpha value is -1.04. The van der Waals surface area contributed by atoms with Crippen molar-refractivity contribution in [2.45, 2.75) is 36.3 Å². The van der Waals surface area contributed by atoms with Crippen molar-refractivity contribution in [3.63, 3.8) is 0 Å². The fourth-order valence-electron chi connectivity index (χ4n) is 3.21. The number of aliphatic hydroxyl groups is 1. The van der Waals surface area contributed by atoms with Crippen LogP contribution in [0.3, 0.4) is 0 Å². The quantitative estimate of drug-likeness (QED) is 0.117. The number of amidine groups is 1. The number of nitrogens with two attached hydrogens (primary N) is 2. The summed E-state index contributed by atoms with van der Waals surface area (Å²) in [6.45, 7) is -1.19. The van der Waals surface area contributed by atoms with Gasteiger partial charge >= 0.3 is 23.5 Å².